The summed E-state index contributed by atoms with van der Waals surface area (Å²) in [5.74, 6) is 0.0502. The maximum absolute atomic E-state index is 12.4. The van der Waals surface area contributed by atoms with E-state index in [1.165, 1.54) is 23.4 Å². The lowest BCUT2D eigenvalue weighted by Gasteiger charge is -2.40. The predicted molar refractivity (Wildman–Crippen MR) is 145 cm³/mol. The summed E-state index contributed by atoms with van der Waals surface area (Å²) >= 11 is 0. The minimum atomic E-state index is -0.0418. The minimum absolute atomic E-state index is 0.0418. The number of aromatic nitrogens is 1. The quantitative estimate of drug-likeness (QED) is 0.340. The van der Waals surface area contributed by atoms with Gasteiger partial charge < -0.3 is 14.9 Å². The number of aromatic hydroxyl groups is 1. The molecule has 4 rings (SSSR count). The number of likely N-dealkylation sites (N-methyl/N-ethyl adjacent to an activating group) is 1. The summed E-state index contributed by atoms with van der Waals surface area (Å²) in [6.45, 7) is 5.99. The van der Waals surface area contributed by atoms with Crippen molar-refractivity contribution in [1.29, 1.82) is 0 Å². The number of carbonyl (C=O) groups excluding carboxylic acids is 1. The standard InChI is InChI=1S/C30H36N4O2/c1-32(29(36)15-14-25-22-28(35)24-31-23-25)16-8-9-17-33-18-20-34(21-19-33)30(26-10-4-2-5-11-26)27-12-6-3-7-13-27/h2-7,10-15,22-24,30,35H,8-9,16-21H2,1H3/b15-14+. The molecule has 3 aromatic rings. The third-order valence-electron chi connectivity index (χ3n) is 6.76. The lowest BCUT2D eigenvalue weighted by atomic mass is 9.96. The number of nitrogens with zero attached hydrogens (tertiary/aromatic N) is 4. The molecular weight excluding hydrogens is 448 g/mol. The van der Waals surface area contributed by atoms with E-state index < -0.39 is 0 Å². The van der Waals surface area contributed by atoms with Crippen molar-refractivity contribution in [2.45, 2.75) is 18.9 Å². The van der Waals surface area contributed by atoms with Gasteiger partial charge in [0.25, 0.3) is 0 Å². The van der Waals surface area contributed by atoms with E-state index in [-0.39, 0.29) is 17.7 Å². The highest BCUT2D eigenvalue weighted by atomic mass is 16.3. The predicted octanol–water partition coefficient (Wildman–Crippen LogP) is 4.45. The van der Waals surface area contributed by atoms with Gasteiger partial charge in [0.15, 0.2) is 0 Å². The van der Waals surface area contributed by atoms with Crippen LogP contribution in [0.15, 0.2) is 85.2 Å². The molecule has 0 bridgehead atoms. The van der Waals surface area contributed by atoms with Gasteiger partial charge >= 0.3 is 0 Å². The molecule has 1 aromatic heterocycles. The average molecular weight is 485 g/mol. The van der Waals surface area contributed by atoms with Crippen molar-refractivity contribution in [3.63, 3.8) is 0 Å². The Morgan fingerprint density at radius 1 is 0.972 bits per heavy atom. The Hall–Kier alpha value is -3.48. The molecule has 6 nitrogen and oxygen atoms in total. The van der Waals surface area contributed by atoms with Crippen molar-refractivity contribution in [3.05, 3.63) is 102 Å². The number of benzene rings is 2. The molecule has 1 fully saturated rings. The van der Waals surface area contributed by atoms with Gasteiger partial charge in [-0.05, 0) is 48.2 Å². The van der Waals surface area contributed by atoms with Gasteiger partial charge in [-0.25, -0.2) is 0 Å². The number of piperazine rings is 1. The number of pyridine rings is 1. The molecule has 1 aliphatic rings. The van der Waals surface area contributed by atoms with Crippen molar-refractivity contribution in [3.8, 4) is 5.75 Å². The van der Waals surface area contributed by atoms with Crippen LogP contribution in [-0.2, 0) is 4.79 Å². The lowest BCUT2D eigenvalue weighted by Crippen LogP contribution is -2.48. The first kappa shape index (κ1) is 25.6. The molecule has 1 amide bonds. The SMILES string of the molecule is CN(CCCCN1CCN(C(c2ccccc2)c2ccccc2)CC1)C(=O)/C=C/c1cncc(O)c1. The summed E-state index contributed by atoms with van der Waals surface area (Å²) < 4.78 is 0. The molecule has 1 N–H and O–H groups in total. The Bertz CT molecular complexity index is 1070. The first-order chi connectivity index (χ1) is 17.6. The van der Waals surface area contributed by atoms with E-state index in [1.54, 1.807) is 23.2 Å². The highest BCUT2D eigenvalue weighted by Crippen LogP contribution is 2.29. The van der Waals surface area contributed by atoms with Gasteiger partial charge in [-0.1, -0.05) is 60.7 Å². The molecule has 6 heteroatoms. The second-order valence-corrected chi connectivity index (χ2v) is 9.38. The maximum Gasteiger partial charge on any atom is 0.246 e. The maximum atomic E-state index is 12.4. The molecular formula is C30H36N4O2. The third-order valence-corrected chi connectivity index (χ3v) is 6.76. The zero-order valence-electron chi connectivity index (χ0n) is 21.0. The van der Waals surface area contributed by atoms with Gasteiger partial charge in [0.1, 0.15) is 5.75 Å². The Labute approximate surface area is 214 Å². The highest BCUT2D eigenvalue weighted by molar-refractivity contribution is 5.91. The number of rotatable bonds is 10. The lowest BCUT2D eigenvalue weighted by molar-refractivity contribution is -0.124. The van der Waals surface area contributed by atoms with Crippen LogP contribution < -0.4 is 0 Å². The molecule has 2 aromatic carbocycles. The van der Waals surface area contributed by atoms with Crippen LogP contribution in [0.4, 0.5) is 0 Å². The van der Waals surface area contributed by atoms with E-state index in [0.717, 1.165) is 52.1 Å². The molecule has 0 atom stereocenters. The summed E-state index contributed by atoms with van der Waals surface area (Å²) in [5.41, 5.74) is 3.40. The Kier molecular flexibility index (Phi) is 9.25. The molecule has 0 radical (unpaired) electrons. The van der Waals surface area contributed by atoms with Crippen molar-refractivity contribution >= 4 is 12.0 Å². The summed E-state index contributed by atoms with van der Waals surface area (Å²) in [7, 11) is 1.83. The second kappa shape index (κ2) is 13.0. The van der Waals surface area contributed by atoms with Crippen LogP contribution in [-0.4, -0.2) is 77.0 Å². The smallest absolute Gasteiger partial charge is 0.246 e. The summed E-state index contributed by atoms with van der Waals surface area (Å²) in [4.78, 5) is 23.2. The van der Waals surface area contributed by atoms with E-state index in [4.69, 9.17) is 0 Å². The zero-order chi connectivity index (χ0) is 25.2. The highest BCUT2D eigenvalue weighted by Gasteiger charge is 2.26. The van der Waals surface area contributed by atoms with Gasteiger partial charge in [-0.3, -0.25) is 14.7 Å². The van der Waals surface area contributed by atoms with Crippen LogP contribution in [0.1, 0.15) is 35.6 Å². The molecule has 188 valence electrons. The number of amides is 1. The van der Waals surface area contributed by atoms with Gasteiger partial charge in [0.05, 0.1) is 12.2 Å². The molecule has 1 aliphatic heterocycles. The van der Waals surface area contributed by atoms with E-state index >= 15 is 0 Å². The van der Waals surface area contributed by atoms with Crippen LogP contribution in [0.2, 0.25) is 0 Å². The van der Waals surface area contributed by atoms with Gasteiger partial charge in [0.2, 0.25) is 5.91 Å². The normalized spacial score (nSPS) is 14.9. The topological polar surface area (TPSA) is 59.9 Å². The van der Waals surface area contributed by atoms with Gasteiger partial charge in [-0.15, -0.1) is 0 Å². The Balaban J connectivity index is 1.20. The fourth-order valence-corrected chi connectivity index (χ4v) is 4.76. The number of carbonyl (C=O) groups is 1. The average Bonchev–Trinajstić information content (AvgIpc) is 2.92. The fourth-order valence-electron chi connectivity index (χ4n) is 4.76. The van der Waals surface area contributed by atoms with Gasteiger partial charge in [-0.2, -0.15) is 0 Å². The second-order valence-electron chi connectivity index (χ2n) is 9.38. The number of unbranched alkanes of at least 4 members (excludes halogenated alkanes) is 1. The molecule has 0 aliphatic carbocycles. The van der Waals surface area contributed by atoms with Crippen LogP contribution in [0.25, 0.3) is 6.08 Å². The van der Waals surface area contributed by atoms with Gasteiger partial charge in [0, 0.05) is 52.0 Å². The first-order valence-corrected chi connectivity index (χ1v) is 12.7. The number of hydrogen-bond donors (Lipinski definition) is 1. The molecule has 36 heavy (non-hydrogen) atoms. The van der Waals surface area contributed by atoms with Crippen molar-refractivity contribution in [2.75, 3.05) is 46.3 Å². The zero-order valence-corrected chi connectivity index (χ0v) is 21.0. The van der Waals surface area contributed by atoms with Crippen LogP contribution in [0.5, 0.6) is 5.75 Å². The largest absolute Gasteiger partial charge is 0.506 e. The van der Waals surface area contributed by atoms with E-state index in [9.17, 15) is 9.90 Å². The minimum Gasteiger partial charge on any atom is -0.506 e. The van der Waals surface area contributed by atoms with Crippen LogP contribution in [0.3, 0.4) is 0 Å². The third kappa shape index (κ3) is 7.26. The van der Waals surface area contributed by atoms with E-state index in [2.05, 4.69) is 75.4 Å². The van der Waals surface area contributed by atoms with E-state index in [1.807, 2.05) is 7.05 Å². The van der Waals surface area contributed by atoms with Crippen molar-refractivity contribution < 1.29 is 9.90 Å². The van der Waals surface area contributed by atoms with Crippen LogP contribution in [0, 0.1) is 0 Å². The number of hydrogen-bond acceptors (Lipinski definition) is 5. The van der Waals surface area contributed by atoms with Crippen molar-refractivity contribution in [2.24, 2.45) is 0 Å². The Morgan fingerprint density at radius 2 is 1.61 bits per heavy atom. The summed E-state index contributed by atoms with van der Waals surface area (Å²) in [6.07, 6.45) is 8.25. The first-order valence-electron chi connectivity index (χ1n) is 12.7. The Morgan fingerprint density at radius 3 is 2.22 bits per heavy atom. The van der Waals surface area contributed by atoms with Crippen LogP contribution >= 0.6 is 0 Å². The molecule has 2 heterocycles. The van der Waals surface area contributed by atoms with E-state index in [0.29, 0.717) is 5.56 Å². The monoisotopic (exact) mass is 484 g/mol. The summed E-state index contributed by atoms with van der Waals surface area (Å²) in [6, 6.07) is 23.5. The molecule has 0 saturated carbocycles. The molecule has 1 saturated heterocycles. The molecule has 0 spiro atoms. The fraction of sp³-hybridized carbons (Fsp3) is 0.333. The van der Waals surface area contributed by atoms with Crippen molar-refractivity contribution in [1.82, 2.24) is 19.7 Å². The molecule has 0 unspecified atom stereocenters. The summed E-state index contributed by atoms with van der Waals surface area (Å²) in [5, 5.41) is 9.49.